The van der Waals surface area contributed by atoms with Gasteiger partial charge in [-0.25, -0.2) is 15.0 Å². The fourth-order valence-corrected chi connectivity index (χ4v) is 3.54. The Kier molecular flexibility index (Phi) is 3.65. The highest BCUT2D eigenvalue weighted by molar-refractivity contribution is 7.19. The van der Waals surface area contributed by atoms with E-state index in [-0.39, 0.29) is 22.3 Å². The lowest BCUT2D eigenvalue weighted by Crippen LogP contribution is -2.18. The second kappa shape index (κ2) is 5.88. The molecule has 0 bridgehead atoms. The van der Waals surface area contributed by atoms with E-state index in [9.17, 15) is 9.59 Å². The van der Waals surface area contributed by atoms with Crippen LogP contribution in [0.25, 0.3) is 21.7 Å². The van der Waals surface area contributed by atoms with Crippen molar-refractivity contribution < 1.29 is 4.79 Å². The van der Waals surface area contributed by atoms with Crippen LogP contribution in [-0.2, 0) is 14.1 Å². The van der Waals surface area contributed by atoms with Crippen LogP contribution in [0, 0.1) is 6.92 Å². The van der Waals surface area contributed by atoms with Crippen molar-refractivity contribution in [2.24, 2.45) is 14.1 Å². The molecule has 0 saturated carbocycles. The summed E-state index contributed by atoms with van der Waals surface area (Å²) in [5, 5.41) is 9.64. The van der Waals surface area contributed by atoms with Crippen LogP contribution in [0.4, 0.5) is 5.13 Å². The minimum Gasteiger partial charge on any atom is -0.333 e. The highest BCUT2D eigenvalue weighted by Gasteiger charge is 2.20. The molecule has 2 N–H and O–H groups in total. The van der Waals surface area contributed by atoms with Crippen LogP contribution in [0.5, 0.6) is 0 Å². The van der Waals surface area contributed by atoms with Crippen LogP contribution in [0.3, 0.4) is 0 Å². The van der Waals surface area contributed by atoms with Crippen LogP contribution in [0.2, 0.25) is 0 Å². The van der Waals surface area contributed by atoms with Crippen molar-refractivity contribution >= 4 is 33.4 Å². The number of rotatable bonds is 3. The van der Waals surface area contributed by atoms with Crippen molar-refractivity contribution in [3.05, 3.63) is 40.5 Å². The van der Waals surface area contributed by atoms with E-state index in [0.29, 0.717) is 5.13 Å². The average molecular weight is 370 g/mol. The minimum atomic E-state index is -0.489. The molecule has 0 unspecified atom stereocenters. The Balaban J connectivity index is 1.67. The van der Waals surface area contributed by atoms with E-state index in [0.717, 1.165) is 16.4 Å². The van der Waals surface area contributed by atoms with Gasteiger partial charge < -0.3 is 9.13 Å². The average Bonchev–Trinajstić information content (AvgIpc) is 3.29. The number of aromatic amines is 1. The molecule has 0 aliphatic heterocycles. The van der Waals surface area contributed by atoms with E-state index in [2.05, 4.69) is 30.5 Å². The summed E-state index contributed by atoms with van der Waals surface area (Å²) in [7, 11) is 3.47. The lowest BCUT2D eigenvalue weighted by molar-refractivity contribution is 0.102. The summed E-state index contributed by atoms with van der Waals surface area (Å²) in [6.07, 6.45) is 4.90. The number of fused-ring (bicyclic) bond motifs is 1. The SMILES string of the molecule is Cc1nc(NC(=O)c2n[nH]c3c(=O)n(C)cnc23)sc1-c1nccn1C. The maximum Gasteiger partial charge on any atom is 0.280 e. The fourth-order valence-electron chi connectivity index (χ4n) is 2.54. The second-order valence-corrected chi connectivity index (χ2v) is 6.70. The fraction of sp³-hybridized carbons (Fsp3) is 0.200. The Morgan fingerprint density at radius 3 is 2.81 bits per heavy atom. The zero-order chi connectivity index (χ0) is 18.4. The smallest absolute Gasteiger partial charge is 0.280 e. The molecule has 0 fully saturated rings. The maximum atomic E-state index is 12.6. The molecule has 0 aromatic carbocycles. The summed E-state index contributed by atoms with van der Waals surface area (Å²) in [5.41, 5.74) is 0.915. The monoisotopic (exact) mass is 370 g/mol. The number of anilines is 1. The summed E-state index contributed by atoms with van der Waals surface area (Å²) in [4.78, 5) is 38.3. The molecule has 132 valence electrons. The molecule has 4 aromatic rings. The standard InChI is InChI=1S/C15H14N8O2S/c1-7-11(12-16-4-5-22(12)2)26-15(18-7)19-13(24)9-8-10(21-20-9)14(25)23(3)6-17-8/h4-6H,1-3H3,(H,20,21)(H,18,19,24). The number of amides is 1. The van der Waals surface area contributed by atoms with Crippen molar-refractivity contribution in [2.75, 3.05) is 5.32 Å². The molecular formula is C15H14N8O2S. The van der Waals surface area contributed by atoms with Gasteiger partial charge in [0.2, 0.25) is 0 Å². The van der Waals surface area contributed by atoms with E-state index in [1.54, 1.807) is 13.2 Å². The third kappa shape index (κ3) is 2.49. The molecule has 0 spiro atoms. The van der Waals surface area contributed by atoms with Gasteiger partial charge in [0.15, 0.2) is 22.2 Å². The molecule has 0 aliphatic carbocycles. The highest BCUT2D eigenvalue weighted by atomic mass is 32.1. The number of carbonyl (C=O) groups is 1. The van der Waals surface area contributed by atoms with E-state index < -0.39 is 5.91 Å². The quantitative estimate of drug-likeness (QED) is 0.556. The highest BCUT2D eigenvalue weighted by Crippen LogP contribution is 2.31. The Labute approximate surface area is 150 Å². The lowest BCUT2D eigenvalue weighted by Gasteiger charge is -1.99. The maximum absolute atomic E-state index is 12.6. The number of imidazole rings is 1. The van der Waals surface area contributed by atoms with Gasteiger partial charge in [0.25, 0.3) is 11.5 Å². The van der Waals surface area contributed by atoms with Gasteiger partial charge in [-0.05, 0) is 6.92 Å². The summed E-state index contributed by atoms with van der Waals surface area (Å²) < 4.78 is 3.19. The van der Waals surface area contributed by atoms with Crippen molar-refractivity contribution in [1.29, 1.82) is 0 Å². The molecule has 4 heterocycles. The second-order valence-electron chi connectivity index (χ2n) is 5.71. The number of H-pyrrole nitrogens is 1. The van der Waals surface area contributed by atoms with Crippen LogP contribution in [0.15, 0.2) is 23.5 Å². The Bertz CT molecular complexity index is 1200. The van der Waals surface area contributed by atoms with Gasteiger partial charge in [-0.1, -0.05) is 11.3 Å². The topological polar surface area (TPSA) is 123 Å². The van der Waals surface area contributed by atoms with Gasteiger partial charge in [0.05, 0.1) is 16.9 Å². The van der Waals surface area contributed by atoms with Gasteiger partial charge in [0.1, 0.15) is 5.52 Å². The molecule has 10 nitrogen and oxygen atoms in total. The number of hydrogen-bond acceptors (Lipinski definition) is 7. The Morgan fingerprint density at radius 1 is 1.27 bits per heavy atom. The first-order valence-electron chi connectivity index (χ1n) is 7.62. The van der Waals surface area contributed by atoms with Crippen molar-refractivity contribution in [1.82, 2.24) is 34.3 Å². The Morgan fingerprint density at radius 2 is 2.08 bits per heavy atom. The lowest BCUT2D eigenvalue weighted by atomic mass is 10.3. The predicted molar refractivity (Wildman–Crippen MR) is 96.1 cm³/mol. The number of nitrogens with one attached hydrogen (secondary N) is 2. The van der Waals surface area contributed by atoms with Gasteiger partial charge in [-0.2, -0.15) is 5.10 Å². The molecule has 1 amide bonds. The third-order valence-electron chi connectivity index (χ3n) is 3.89. The molecule has 0 aliphatic rings. The van der Waals surface area contributed by atoms with Crippen LogP contribution in [-0.4, -0.2) is 40.2 Å². The van der Waals surface area contributed by atoms with Crippen molar-refractivity contribution in [3.8, 4) is 10.7 Å². The zero-order valence-electron chi connectivity index (χ0n) is 14.1. The number of aryl methyl sites for hydroxylation is 3. The van der Waals surface area contributed by atoms with Gasteiger partial charge in [0, 0.05) is 26.5 Å². The number of nitrogens with zero attached hydrogens (tertiary/aromatic N) is 6. The zero-order valence-corrected chi connectivity index (χ0v) is 15.0. The predicted octanol–water partition coefficient (Wildman–Crippen LogP) is 1.07. The molecule has 4 rings (SSSR count). The molecular weight excluding hydrogens is 356 g/mol. The first-order valence-corrected chi connectivity index (χ1v) is 8.43. The Hall–Kier alpha value is -3.34. The minimum absolute atomic E-state index is 0.0455. The van der Waals surface area contributed by atoms with Gasteiger partial charge in [-0.15, -0.1) is 0 Å². The molecule has 0 atom stereocenters. The summed E-state index contributed by atoms with van der Waals surface area (Å²) in [6.45, 7) is 1.85. The molecule has 26 heavy (non-hydrogen) atoms. The first kappa shape index (κ1) is 16.1. The van der Waals surface area contributed by atoms with Crippen LogP contribution in [0.1, 0.15) is 16.2 Å². The number of thiazole rings is 1. The van der Waals surface area contributed by atoms with E-state index >= 15 is 0 Å². The van der Waals surface area contributed by atoms with Gasteiger partial charge in [-0.3, -0.25) is 20.0 Å². The summed E-state index contributed by atoms with van der Waals surface area (Å²) in [5.74, 6) is 0.285. The van der Waals surface area contributed by atoms with E-state index in [1.165, 1.54) is 22.2 Å². The summed E-state index contributed by atoms with van der Waals surface area (Å²) >= 11 is 1.32. The number of aromatic nitrogens is 7. The molecule has 0 radical (unpaired) electrons. The number of hydrogen-bond donors (Lipinski definition) is 2. The molecule has 0 saturated heterocycles. The largest absolute Gasteiger partial charge is 0.333 e. The van der Waals surface area contributed by atoms with Crippen LogP contribution >= 0.6 is 11.3 Å². The van der Waals surface area contributed by atoms with Gasteiger partial charge >= 0.3 is 0 Å². The molecule has 4 aromatic heterocycles. The molecule has 11 heteroatoms. The summed E-state index contributed by atoms with van der Waals surface area (Å²) in [6, 6.07) is 0. The number of carbonyl (C=O) groups excluding carboxylic acids is 1. The van der Waals surface area contributed by atoms with Crippen molar-refractivity contribution in [2.45, 2.75) is 6.92 Å². The van der Waals surface area contributed by atoms with Crippen LogP contribution < -0.4 is 10.9 Å². The third-order valence-corrected chi connectivity index (χ3v) is 4.96. The first-order chi connectivity index (χ1) is 12.5. The van der Waals surface area contributed by atoms with E-state index in [4.69, 9.17) is 0 Å². The van der Waals surface area contributed by atoms with Crippen molar-refractivity contribution in [3.63, 3.8) is 0 Å². The van der Waals surface area contributed by atoms with E-state index in [1.807, 2.05) is 24.7 Å². The normalized spacial score (nSPS) is 11.2.